The zero-order chi connectivity index (χ0) is 19.7. The predicted octanol–water partition coefficient (Wildman–Crippen LogP) is 3.59. The van der Waals surface area contributed by atoms with Gasteiger partial charge in [0.15, 0.2) is 0 Å². The van der Waals surface area contributed by atoms with Crippen LogP contribution >= 0.6 is 11.8 Å². The molecule has 0 unspecified atom stereocenters. The third kappa shape index (κ3) is 4.07. The zero-order valence-electron chi connectivity index (χ0n) is 16.3. The number of aryl methyl sites for hydroxylation is 2. The molecule has 2 aliphatic heterocycles. The highest BCUT2D eigenvalue weighted by atomic mass is 32.2. The summed E-state index contributed by atoms with van der Waals surface area (Å²) in [4.78, 5) is 33.1. The summed E-state index contributed by atoms with van der Waals surface area (Å²) in [5.74, 6) is 0.490. The molecule has 3 heterocycles. The Bertz CT molecular complexity index is 897. The maximum Gasteiger partial charge on any atom is 0.236 e. The van der Waals surface area contributed by atoms with Gasteiger partial charge in [0.05, 0.1) is 11.2 Å². The molecule has 0 saturated carbocycles. The molecule has 6 heteroatoms. The summed E-state index contributed by atoms with van der Waals surface area (Å²) in [6, 6.07) is 10.1. The highest BCUT2D eigenvalue weighted by molar-refractivity contribution is 8.01. The molecule has 1 N–H and O–H groups in total. The number of hydrogen-bond donors (Lipinski definition) is 1. The normalized spacial score (nSPS) is 21.3. The number of piperidine rings is 1. The van der Waals surface area contributed by atoms with E-state index in [1.54, 1.807) is 18.0 Å². The molecule has 0 aliphatic carbocycles. The molecule has 1 saturated heterocycles. The number of carbonyl (C=O) groups is 2. The summed E-state index contributed by atoms with van der Waals surface area (Å²) >= 11 is 1.66. The van der Waals surface area contributed by atoms with Crippen LogP contribution in [0, 0.1) is 19.8 Å². The third-order valence-corrected chi connectivity index (χ3v) is 6.73. The summed E-state index contributed by atoms with van der Waals surface area (Å²) in [6.45, 7) is 5.26. The lowest BCUT2D eigenvalue weighted by Crippen LogP contribution is -2.46. The molecule has 0 spiro atoms. The minimum atomic E-state index is -0.183. The zero-order valence-corrected chi connectivity index (χ0v) is 17.1. The van der Waals surface area contributed by atoms with Gasteiger partial charge >= 0.3 is 0 Å². The van der Waals surface area contributed by atoms with E-state index >= 15 is 0 Å². The van der Waals surface area contributed by atoms with Crippen molar-refractivity contribution in [3.05, 3.63) is 53.2 Å². The number of nitrogens with one attached hydrogen (secondary N) is 1. The topological polar surface area (TPSA) is 62.3 Å². The summed E-state index contributed by atoms with van der Waals surface area (Å²) < 4.78 is 0. The van der Waals surface area contributed by atoms with Crippen molar-refractivity contribution in [3.63, 3.8) is 0 Å². The molecular weight excluding hydrogens is 370 g/mol. The first kappa shape index (κ1) is 19.0. The number of anilines is 1. The van der Waals surface area contributed by atoms with E-state index in [1.165, 1.54) is 16.0 Å². The van der Waals surface area contributed by atoms with Crippen molar-refractivity contribution in [1.29, 1.82) is 0 Å². The molecule has 0 radical (unpaired) electrons. The molecule has 1 aromatic carbocycles. The Hall–Kier alpha value is -2.34. The summed E-state index contributed by atoms with van der Waals surface area (Å²) in [5.41, 5.74) is 3.53. The van der Waals surface area contributed by atoms with Gasteiger partial charge in [-0.3, -0.25) is 9.59 Å². The van der Waals surface area contributed by atoms with Gasteiger partial charge in [0.1, 0.15) is 5.82 Å². The molecule has 0 bridgehead atoms. The van der Waals surface area contributed by atoms with Crippen molar-refractivity contribution in [2.24, 2.45) is 5.92 Å². The molecule has 5 nitrogen and oxygen atoms in total. The van der Waals surface area contributed by atoms with Gasteiger partial charge in [-0.1, -0.05) is 23.8 Å². The van der Waals surface area contributed by atoms with Crippen molar-refractivity contribution in [1.82, 2.24) is 9.88 Å². The lowest BCUT2D eigenvalue weighted by Gasteiger charge is -2.33. The maximum atomic E-state index is 13.1. The number of carbonyl (C=O) groups excluding carboxylic acids is 2. The van der Waals surface area contributed by atoms with Crippen LogP contribution in [0.5, 0.6) is 0 Å². The smallest absolute Gasteiger partial charge is 0.236 e. The highest BCUT2D eigenvalue weighted by Crippen LogP contribution is 2.38. The molecule has 146 valence electrons. The molecule has 4 rings (SSSR count). The number of likely N-dealkylation sites (tertiary alicyclic amines) is 1. The summed E-state index contributed by atoms with van der Waals surface area (Å²) in [7, 11) is 0. The second-order valence-electron chi connectivity index (χ2n) is 7.76. The van der Waals surface area contributed by atoms with E-state index in [4.69, 9.17) is 0 Å². The molecule has 28 heavy (non-hydrogen) atoms. The molecular formula is C22H25N3O2S. The molecule has 1 fully saturated rings. The number of hydrogen-bond acceptors (Lipinski definition) is 4. The van der Waals surface area contributed by atoms with Crippen LogP contribution in [0.15, 0.2) is 41.4 Å². The Morgan fingerprint density at radius 2 is 2.00 bits per heavy atom. The minimum absolute atomic E-state index is 0.0492. The first-order valence-corrected chi connectivity index (χ1v) is 10.7. The number of pyridine rings is 1. The van der Waals surface area contributed by atoms with E-state index in [1.807, 2.05) is 24.0 Å². The van der Waals surface area contributed by atoms with Crippen LogP contribution in [0.4, 0.5) is 5.82 Å². The van der Waals surface area contributed by atoms with Gasteiger partial charge in [0.2, 0.25) is 11.8 Å². The Morgan fingerprint density at radius 1 is 1.18 bits per heavy atom. The van der Waals surface area contributed by atoms with Gasteiger partial charge in [0, 0.05) is 24.2 Å². The Morgan fingerprint density at radius 3 is 2.79 bits per heavy atom. The average molecular weight is 396 g/mol. The number of fused-ring (bicyclic) bond motifs is 1. The van der Waals surface area contributed by atoms with E-state index in [0.717, 1.165) is 31.4 Å². The number of thioether (sulfide) groups is 1. The first-order chi connectivity index (χ1) is 13.5. The predicted molar refractivity (Wildman–Crippen MR) is 111 cm³/mol. The van der Waals surface area contributed by atoms with Crippen molar-refractivity contribution in [2.45, 2.75) is 43.3 Å². The molecule has 2 aromatic rings. The van der Waals surface area contributed by atoms with Crippen molar-refractivity contribution < 1.29 is 9.59 Å². The molecule has 2 amide bonds. The van der Waals surface area contributed by atoms with Crippen LogP contribution in [0.2, 0.25) is 0 Å². The van der Waals surface area contributed by atoms with E-state index in [2.05, 4.69) is 35.4 Å². The standard InChI is InChI=1S/C22H25N3O2S/c1-14-5-7-16-11-19(28-18(16)10-14)22(27)25-9-3-4-17(13-25)21(26)24-20-8-6-15(2)12-23-20/h5-8,10,12,17,19H,3-4,9,11,13H2,1-2H3,(H,23,24,26)/t17-,19+/m0/s1. The van der Waals surface area contributed by atoms with Crippen LogP contribution in [0.1, 0.15) is 29.5 Å². The second-order valence-corrected chi connectivity index (χ2v) is 9.00. The summed E-state index contributed by atoms with van der Waals surface area (Å²) in [5, 5.41) is 2.82. The van der Waals surface area contributed by atoms with Crippen LogP contribution in [-0.2, 0) is 16.0 Å². The van der Waals surface area contributed by atoms with Gasteiger partial charge in [-0.05, 0) is 56.4 Å². The lowest BCUT2D eigenvalue weighted by molar-refractivity contribution is -0.134. The highest BCUT2D eigenvalue weighted by Gasteiger charge is 2.35. The fourth-order valence-electron chi connectivity index (χ4n) is 3.84. The number of amides is 2. The van der Waals surface area contributed by atoms with Gasteiger partial charge in [-0.15, -0.1) is 11.8 Å². The number of nitrogens with zero attached hydrogens (tertiary/aromatic N) is 2. The van der Waals surface area contributed by atoms with Crippen LogP contribution in [0.3, 0.4) is 0 Å². The first-order valence-electron chi connectivity index (χ1n) is 9.78. The lowest BCUT2D eigenvalue weighted by atomic mass is 9.96. The Labute approximate surface area is 169 Å². The third-order valence-electron chi connectivity index (χ3n) is 5.44. The van der Waals surface area contributed by atoms with Gasteiger partial charge in [-0.2, -0.15) is 0 Å². The number of benzene rings is 1. The van der Waals surface area contributed by atoms with Crippen LogP contribution in [-0.4, -0.2) is 40.0 Å². The number of aromatic nitrogens is 1. The van der Waals surface area contributed by atoms with Crippen molar-refractivity contribution in [3.8, 4) is 0 Å². The fourth-order valence-corrected chi connectivity index (χ4v) is 5.21. The van der Waals surface area contributed by atoms with E-state index in [-0.39, 0.29) is 23.0 Å². The SMILES string of the molecule is Cc1ccc(NC(=O)[C@H]2CCCN(C(=O)[C@H]3Cc4ccc(C)cc4S3)C2)nc1. The monoisotopic (exact) mass is 395 g/mol. The quantitative estimate of drug-likeness (QED) is 0.863. The van der Waals surface area contributed by atoms with E-state index in [9.17, 15) is 9.59 Å². The Balaban J connectivity index is 1.37. The van der Waals surface area contributed by atoms with Crippen LogP contribution < -0.4 is 5.32 Å². The van der Waals surface area contributed by atoms with E-state index < -0.39 is 0 Å². The molecule has 1 aromatic heterocycles. The molecule has 2 atom stereocenters. The second kappa shape index (κ2) is 7.95. The van der Waals surface area contributed by atoms with Crippen molar-refractivity contribution in [2.75, 3.05) is 18.4 Å². The fraction of sp³-hybridized carbons (Fsp3) is 0.409. The molecule has 2 aliphatic rings. The van der Waals surface area contributed by atoms with Gasteiger partial charge < -0.3 is 10.2 Å². The van der Waals surface area contributed by atoms with Crippen molar-refractivity contribution >= 4 is 29.4 Å². The maximum absolute atomic E-state index is 13.1. The van der Waals surface area contributed by atoms with E-state index in [0.29, 0.717) is 12.4 Å². The number of rotatable bonds is 3. The average Bonchev–Trinajstić information content (AvgIpc) is 3.12. The van der Waals surface area contributed by atoms with Crippen LogP contribution in [0.25, 0.3) is 0 Å². The van der Waals surface area contributed by atoms with Gasteiger partial charge in [-0.25, -0.2) is 4.98 Å². The largest absolute Gasteiger partial charge is 0.341 e. The minimum Gasteiger partial charge on any atom is -0.341 e. The Kier molecular flexibility index (Phi) is 5.40. The van der Waals surface area contributed by atoms with Gasteiger partial charge in [0.25, 0.3) is 0 Å². The summed E-state index contributed by atoms with van der Waals surface area (Å²) in [6.07, 6.45) is 4.18.